The molecular formula is C12H19ClN2O. The van der Waals surface area contributed by atoms with E-state index in [1.807, 2.05) is 25.2 Å². The topological polar surface area (TPSA) is 26.7 Å². The highest BCUT2D eigenvalue weighted by Gasteiger charge is 2.05. The van der Waals surface area contributed by atoms with Crippen molar-refractivity contribution in [2.24, 2.45) is 0 Å². The number of aliphatic hydroxyl groups is 1. The van der Waals surface area contributed by atoms with Crippen LogP contribution in [0.1, 0.15) is 5.56 Å². The lowest BCUT2D eigenvalue weighted by molar-refractivity contribution is 0.282. The smallest absolute Gasteiger partial charge is 0.0696 e. The monoisotopic (exact) mass is 242 g/mol. The van der Waals surface area contributed by atoms with Gasteiger partial charge in [-0.15, -0.1) is 0 Å². The molecular weight excluding hydrogens is 224 g/mol. The molecule has 0 saturated carbocycles. The Labute approximate surface area is 102 Å². The van der Waals surface area contributed by atoms with Crippen molar-refractivity contribution in [2.75, 3.05) is 39.1 Å². The molecule has 1 aromatic carbocycles. The molecule has 0 unspecified atom stereocenters. The number of anilines is 1. The number of benzene rings is 1. The van der Waals surface area contributed by atoms with Crippen molar-refractivity contribution < 1.29 is 5.11 Å². The van der Waals surface area contributed by atoms with E-state index in [2.05, 4.69) is 23.9 Å². The predicted molar refractivity (Wildman–Crippen MR) is 69.2 cm³/mol. The molecule has 1 N–H and O–H groups in total. The van der Waals surface area contributed by atoms with Gasteiger partial charge >= 0.3 is 0 Å². The molecule has 0 amide bonds. The summed E-state index contributed by atoms with van der Waals surface area (Å²) in [6.45, 7) is 1.93. The number of hydrogen-bond donors (Lipinski definition) is 1. The van der Waals surface area contributed by atoms with Crippen LogP contribution in [-0.4, -0.2) is 44.2 Å². The molecule has 16 heavy (non-hydrogen) atoms. The number of rotatable bonds is 5. The molecule has 0 bridgehead atoms. The van der Waals surface area contributed by atoms with Gasteiger partial charge in [0.15, 0.2) is 0 Å². The molecule has 1 aromatic rings. The van der Waals surface area contributed by atoms with E-state index in [1.165, 1.54) is 0 Å². The third kappa shape index (κ3) is 3.67. The van der Waals surface area contributed by atoms with Gasteiger partial charge in [-0.25, -0.2) is 0 Å². The second-order valence-corrected chi connectivity index (χ2v) is 4.57. The number of aliphatic hydroxyl groups excluding tert-OH is 1. The summed E-state index contributed by atoms with van der Waals surface area (Å²) in [6.07, 6.45) is 0. The first-order chi connectivity index (χ1) is 7.54. The molecule has 0 radical (unpaired) electrons. The lowest BCUT2D eigenvalue weighted by atomic mass is 10.2. The van der Waals surface area contributed by atoms with Crippen molar-refractivity contribution in [3.05, 3.63) is 28.8 Å². The Morgan fingerprint density at radius 1 is 1.19 bits per heavy atom. The number of halogens is 1. The third-order valence-electron chi connectivity index (χ3n) is 2.53. The highest BCUT2D eigenvalue weighted by molar-refractivity contribution is 6.31. The maximum absolute atomic E-state index is 9.02. The third-order valence-corrected chi connectivity index (χ3v) is 2.88. The molecule has 0 fully saturated rings. The van der Waals surface area contributed by atoms with E-state index >= 15 is 0 Å². The summed E-state index contributed by atoms with van der Waals surface area (Å²) in [4.78, 5) is 4.28. The van der Waals surface area contributed by atoms with Crippen LogP contribution in [0.2, 0.25) is 5.02 Å². The maximum atomic E-state index is 9.02. The standard InChI is InChI=1S/C12H19ClN2O/c1-14(2)6-7-15(3)11-5-4-10(9-16)12(13)8-11/h4-5,8,16H,6-7,9H2,1-3H3. The second-order valence-electron chi connectivity index (χ2n) is 4.16. The van der Waals surface area contributed by atoms with E-state index < -0.39 is 0 Å². The summed E-state index contributed by atoms with van der Waals surface area (Å²) in [5.74, 6) is 0. The van der Waals surface area contributed by atoms with E-state index in [9.17, 15) is 0 Å². The highest BCUT2D eigenvalue weighted by atomic mass is 35.5. The van der Waals surface area contributed by atoms with Crippen LogP contribution in [0.3, 0.4) is 0 Å². The van der Waals surface area contributed by atoms with Crippen molar-refractivity contribution in [3.63, 3.8) is 0 Å². The summed E-state index contributed by atoms with van der Waals surface area (Å²) in [5.41, 5.74) is 1.84. The van der Waals surface area contributed by atoms with Crippen molar-refractivity contribution in [2.45, 2.75) is 6.61 Å². The van der Waals surface area contributed by atoms with Crippen LogP contribution in [0.4, 0.5) is 5.69 Å². The van der Waals surface area contributed by atoms with Crippen LogP contribution < -0.4 is 4.90 Å². The average molecular weight is 243 g/mol. The Morgan fingerprint density at radius 2 is 1.88 bits per heavy atom. The SMILES string of the molecule is CN(C)CCN(C)c1ccc(CO)c(Cl)c1. The summed E-state index contributed by atoms with van der Waals surface area (Å²) in [5, 5.41) is 9.64. The van der Waals surface area contributed by atoms with Gasteiger partial charge in [-0.05, 0) is 31.8 Å². The van der Waals surface area contributed by atoms with E-state index in [0.29, 0.717) is 5.02 Å². The molecule has 0 atom stereocenters. The van der Waals surface area contributed by atoms with Crippen LogP contribution >= 0.6 is 11.6 Å². The molecule has 0 saturated heterocycles. The molecule has 0 aliphatic rings. The zero-order valence-corrected chi connectivity index (χ0v) is 10.8. The second kappa shape index (κ2) is 6.09. The van der Waals surface area contributed by atoms with Crippen molar-refractivity contribution in [3.8, 4) is 0 Å². The highest BCUT2D eigenvalue weighted by Crippen LogP contribution is 2.22. The summed E-state index contributed by atoms with van der Waals surface area (Å²) in [7, 11) is 6.14. The molecule has 4 heteroatoms. The molecule has 0 heterocycles. The fourth-order valence-electron chi connectivity index (χ4n) is 1.38. The zero-order chi connectivity index (χ0) is 12.1. The Hall–Kier alpha value is -0.770. The quantitative estimate of drug-likeness (QED) is 0.854. The number of hydrogen-bond acceptors (Lipinski definition) is 3. The Morgan fingerprint density at radius 3 is 2.38 bits per heavy atom. The summed E-state index contributed by atoms with van der Waals surface area (Å²) >= 11 is 6.04. The van der Waals surface area contributed by atoms with Crippen molar-refractivity contribution in [1.82, 2.24) is 4.90 Å². The molecule has 0 aliphatic carbocycles. The van der Waals surface area contributed by atoms with Gasteiger partial charge in [0, 0.05) is 30.8 Å². The minimum absolute atomic E-state index is 0.0134. The molecule has 0 spiro atoms. The maximum Gasteiger partial charge on any atom is 0.0696 e. The average Bonchev–Trinajstić information content (AvgIpc) is 2.25. The Kier molecular flexibility index (Phi) is 5.06. The molecule has 1 rings (SSSR count). The van der Waals surface area contributed by atoms with E-state index in [4.69, 9.17) is 16.7 Å². The van der Waals surface area contributed by atoms with E-state index in [1.54, 1.807) is 0 Å². The first-order valence-corrected chi connectivity index (χ1v) is 5.67. The van der Waals surface area contributed by atoms with Crippen LogP contribution in [0.5, 0.6) is 0 Å². The van der Waals surface area contributed by atoms with Gasteiger partial charge in [0.05, 0.1) is 6.61 Å². The van der Waals surface area contributed by atoms with Gasteiger partial charge in [0.25, 0.3) is 0 Å². The fourth-order valence-corrected chi connectivity index (χ4v) is 1.62. The lowest BCUT2D eigenvalue weighted by Gasteiger charge is -2.22. The van der Waals surface area contributed by atoms with Crippen molar-refractivity contribution in [1.29, 1.82) is 0 Å². The van der Waals surface area contributed by atoms with Crippen LogP contribution in [0.15, 0.2) is 18.2 Å². The summed E-state index contributed by atoms with van der Waals surface area (Å²) < 4.78 is 0. The molecule has 3 nitrogen and oxygen atoms in total. The van der Waals surface area contributed by atoms with E-state index in [0.717, 1.165) is 24.3 Å². The largest absolute Gasteiger partial charge is 0.392 e. The van der Waals surface area contributed by atoms with Crippen LogP contribution in [0.25, 0.3) is 0 Å². The van der Waals surface area contributed by atoms with E-state index in [-0.39, 0.29) is 6.61 Å². The molecule has 90 valence electrons. The minimum atomic E-state index is -0.0134. The predicted octanol–water partition coefficient (Wildman–Crippen LogP) is 1.83. The van der Waals surface area contributed by atoms with Gasteiger partial charge in [-0.2, -0.15) is 0 Å². The number of nitrogens with zero attached hydrogens (tertiary/aromatic N) is 2. The van der Waals surface area contributed by atoms with Crippen LogP contribution in [0, 0.1) is 0 Å². The first-order valence-electron chi connectivity index (χ1n) is 5.29. The van der Waals surface area contributed by atoms with Gasteiger partial charge < -0.3 is 14.9 Å². The molecule has 0 aliphatic heterocycles. The first kappa shape index (κ1) is 13.3. The lowest BCUT2D eigenvalue weighted by Crippen LogP contribution is -2.28. The zero-order valence-electron chi connectivity index (χ0n) is 10.1. The normalized spacial score (nSPS) is 10.9. The minimum Gasteiger partial charge on any atom is -0.392 e. The molecule has 0 aromatic heterocycles. The Bertz CT molecular complexity index is 342. The van der Waals surface area contributed by atoms with Gasteiger partial charge in [0.1, 0.15) is 0 Å². The summed E-state index contributed by atoms with van der Waals surface area (Å²) in [6, 6.07) is 5.74. The number of likely N-dealkylation sites (N-methyl/N-ethyl adjacent to an activating group) is 2. The van der Waals surface area contributed by atoms with Gasteiger partial charge in [-0.3, -0.25) is 0 Å². The Balaban J connectivity index is 2.69. The van der Waals surface area contributed by atoms with Gasteiger partial charge in [-0.1, -0.05) is 17.7 Å². The fraction of sp³-hybridized carbons (Fsp3) is 0.500. The van der Waals surface area contributed by atoms with Gasteiger partial charge in [0.2, 0.25) is 0 Å². The van der Waals surface area contributed by atoms with Crippen molar-refractivity contribution >= 4 is 17.3 Å². The van der Waals surface area contributed by atoms with Crippen LogP contribution in [-0.2, 0) is 6.61 Å².